The topological polar surface area (TPSA) is 126 Å². The molecule has 0 aliphatic heterocycles. The Morgan fingerprint density at radius 2 is 2.03 bits per heavy atom. The summed E-state index contributed by atoms with van der Waals surface area (Å²) in [6.45, 7) is 5.49. The van der Waals surface area contributed by atoms with Crippen LogP contribution >= 0.6 is 0 Å². The second-order valence-corrected chi connectivity index (χ2v) is 10.0. The van der Waals surface area contributed by atoms with E-state index in [0.29, 0.717) is 16.8 Å². The van der Waals surface area contributed by atoms with E-state index in [9.17, 15) is 14.7 Å². The molecule has 1 fully saturated rings. The first kappa shape index (κ1) is 23.1. The van der Waals surface area contributed by atoms with Gasteiger partial charge in [0.25, 0.3) is 5.91 Å². The number of carbonyl (C=O) groups excluding carboxylic acids is 1. The van der Waals surface area contributed by atoms with Crippen molar-refractivity contribution in [2.45, 2.75) is 64.0 Å². The predicted octanol–water partition coefficient (Wildman–Crippen LogP) is 2.58. The Morgan fingerprint density at radius 3 is 2.77 bits per heavy atom. The molecule has 0 unspecified atom stereocenters. The summed E-state index contributed by atoms with van der Waals surface area (Å²) >= 11 is 0. The van der Waals surface area contributed by atoms with Gasteiger partial charge in [0.15, 0.2) is 0 Å². The van der Waals surface area contributed by atoms with Gasteiger partial charge in [-0.3, -0.25) is 9.20 Å². The first-order valence-corrected chi connectivity index (χ1v) is 11.9. The quantitative estimate of drug-likeness (QED) is 0.391. The normalized spacial score (nSPS) is 18.7. The largest absolute Gasteiger partial charge is 0.489 e. The van der Waals surface area contributed by atoms with E-state index < -0.39 is 5.60 Å². The fourth-order valence-electron chi connectivity index (χ4n) is 4.78. The zero-order valence-electron chi connectivity index (χ0n) is 20.1. The number of fused-ring (bicyclic) bond motifs is 2. The van der Waals surface area contributed by atoms with Gasteiger partial charge in [-0.2, -0.15) is 10.2 Å². The average molecular weight is 479 g/mol. The molecule has 0 aromatic carbocycles. The average Bonchev–Trinajstić information content (AvgIpc) is 3.42. The molecule has 5 rings (SSSR count). The predicted molar refractivity (Wildman–Crippen MR) is 130 cm³/mol. The monoisotopic (exact) mass is 478 g/mol. The summed E-state index contributed by atoms with van der Waals surface area (Å²) < 4.78 is 8.85. The van der Waals surface area contributed by atoms with Crippen LogP contribution in [0.2, 0.25) is 0 Å². The number of aryl methyl sites for hydroxylation is 1. The van der Waals surface area contributed by atoms with E-state index in [4.69, 9.17) is 4.74 Å². The molecule has 10 heteroatoms. The molecule has 0 saturated heterocycles. The highest BCUT2D eigenvalue weighted by molar-refractivity contribution is 6.00. The first-order valence-electron chi connectivity index (χ1n) is 11.9. The van der Waals surface area contributed by atoms with E-state index >= 15 is 0 Å². The van der Waals surface area contributed by atoms with Crippen molar-refractivity contribution in [2.75, 3.05) is 6.61 Å². The number of aromatic nitrogens is 5. The highest BCUT2D eigenvalue weighted by atomic mass is 16.5. The Hall–Kier alpha value is -3.66. The Morgan fingerprint density at radius 1 is 1.26 bits per heavy atom. The van der Waals surface area contributed by atoms with Gasteiger partial charge in [0.1, 0.15) is 12.4 Å². The van der Waals surface area contributed by atoms with Crippen molar-refractivity contribution >= 4 is 16.9 Å². The molecule has 4 aromatic heterocycles. The van der Waals surface area contributed by atoms with Crippen molar-refractivity contribution in [1.29, 1.82) is 0 Å². The maximum Gasteiger partial charge on any atom is 0.346 e. The zero-order chi connectivity index (χ0) is 24.7. The van der Waals surface area contributed by atoms with Crippen molar-refractivity contribution in [3.05, 3.63) is 64.1 Å². The minimum absolute atomic E-state index is 0.0646. The molecule has 0 atom stereocenters. The first-order chi connectivity index (χ1) is 16.7. The van der Waals surface area contributed by atoms with Crippen LogP contribution < -0.4 is 15.7 Å². The number of pyridine rings is 1. The second-order valence-electron chi connectivity index (χ2n) is 10.0. The SMILES string of the molecule is Cc1ccn2c(=O)[nH]nc(C3CCC(NC(=O)c4cnn5cc(OCC(C)(C)O)ccc45)CC3)c12. The van der Waals surface area contributed by atoms with Gasteiger partial charge < -0.3 is 15.2 Å². The third-order valence-corrected chi connectivity index (χ3v) is 6.60. The highest BCUT2D eigenvalue weighted by Crippen LogP contribution is 2.34. The van der Waals surface area contributed by atoms with Crippen molar-refractivity contribution in [3.8, 4) is 5.75 Å². The van der Waals surface area contributed by atoms with Crippen LogP contribution in [-0.4, -0.2) is 53.5 Å². The van der Waals surface area contributed by atoms with E-state index in [2.05, 4.69) is 20.6 Å². The molecule has 1 saturated carbocycles. The number of hydrogen-bond acceptors (Lipinski definition) is 6. The second kappa shape index (κ2) is 8.84. The van der Waals surface area contributed by atoms with Crippen LogP contribution in [0.4, 0.5) is 0 Å². The molecule has 35 heavy (non-hydrogen) atoms. The van der Waals surface area contributed by atoms with Crippen molar-refractivity contribution < 1.29 is 14.6 Å². The molecule has 0 bridgehead atoms. The number of nitrogens with one attached hydrogen (secondary N) is 2. The number of aromatic amines is 1. The zero-order valence-corrected chi connectivity index (χ0v) is 20.1. The lowest BCUT2D eigenvalue weighted by atomic mass is 9.83. The van der Waals surface area contributed by atoms with Crippen LogP contribution in [0.25, 0.3) is 11.0 Å². The lowest BCUT2D eigenvalue weighted by molar-refractivity contribution is 0.0283. The molecule has 4 heterocycles. The van der Waals surface area contributed by atoms with Crippen LogP contribution in [0.1, 0.15) is 67.1 Å². The third kappa shape index (κ3) is 4.66. The molecule has 0 radical (unpaired) electrons. The van der Waals surface area contributed by atoms with Gasteiger partial charge in [0, 0.05) is 18.2 Å². The minimum atomic E-state index is -0.941. The maximum absolute atomic E-state index is 13.0. The third-order valence-electron chi connectivity index (χ3n) is 6.60. The van der Waals surface area contributed by atoms with E-state index in [0.717, 1.165) is 42.5 Å². The van der Waals surface area contributed by atoms with Crippen LogP contribution in [-0.2, 0) is 0 Å². The summed E-state index contributed by atoms with van der Waals surface area (Å²) in [6, 6.07) is 5.56. The van der Waals surface area contributed by atoms with Gasteiger partial charge in [-0.1, -0.05) is 0 Å². The van der Waals surface area contributed by atoms with Crippen LogP contribution in [0.5, 0.6) is 5.75 Å². The minimum Gasteiger partial charge on any atom is -0.489 e. The maximum atomic E-state index is 13.0. The van der Waals surface area contributed by atoms with Gasteiger partial charge in [-0.15, -0.1) is 0 Å². The standard InChI is InChI=1S/C25H30N6O4/c1-15-10-11-30-22(15)21(28-29-24(30)33)16-4-6-17(7-5-16)27-23(32)19-12-26-31-13-18(8-9-20(19)31)35-14-25(2,3)34/h8-13,16-17,34H,4-7,14H2,1-3H3,(H,27,32)(H,29,33). The number of rotatable bonds is 6. The smallest absolute Gasteiger partial charge is 0.346 e. The van der Waals surface area contributed by atoms with Gasteiger partial charge in [0.2, 0.25) is 0 Å². The van der Waals surface area contributed by atoms with Crippen LogP contribution in [0.15, 0.2) is 41.6 Å². The number of H-pyrrole nitrogens is 1. The number of amides is 1. The molecule has 1 aliphatic rings. The molecular weight excluding hydrogens is 448 g/mol. The molecular formula is C25H30N6O4. The van der Waals surface area contributed by atoms with Gasteiger partial charge >= 0.3 is 5.69 Å². The summed E-state index contributed by atoms with van der Waals surface area (Å²) in [5.41, 5.74) is 2.87. The number of hydrogen-bond donors (Lipinski definition) is 3. The molecule has 184 valence electrons. The summed E-state index contributed by atoms with van der Waals surface area (Å²) in [5.74, 6) is 0.646. The van der Waals surface area contributed by atoms with Gasteiger partial charge in [-0.05, 0) is 70.2 Å². The lowest BCUT2D eigenvalue weighted by Crippen LogP contribution is -2.37. The summed E-state index contributed by atoms with van der Waals surface area (Å²) in [7, 11) is 0. The lowest BCUT2D eigenvalue weighted by Gasteiger charge is -2.29. The Bertz CT molecular complexity index is 1440. The van der Waals surface area contributed by atoms with Crippen LogP contribution in [0.3, 0.4) is 0 Å². The molecule has 1 amide bonds. The van der Waals surface area contributed by atoms with Gasteiger partial charge in [-0.25, -0.2) is 14.4 Å². The summed E-state index contributed by atoms with van der Waals surface area (Å²) in [5, 5.41) is 24.3. The summed E-state index contributed by atoms with van der Waals surface area (Å²) in [4.78, 5) is 25.1. The molecule has 1 aliphatic carbocycles. The molecule has 10 nitrogen and oxygen atoms in total. The fourth-order valence-corrected chi connectivity index (χ4v) is 4.78. The number of aliphatic hydroxyl groups is 1. The highest BCUT2D eigenvalue weighted by Gasteiger charge is 2.28. The molecule has 3 N–H and O–H groups in total. The van der Waals surface area contributed by atoms with Crippen LogP contribution in [0, 0.1) is 6.92 Å². The number of nitrogens with zero attached hydrogens (tertiary/aromatic N) is 4. The Kier molecular flexibility index (Phi) is 5.84. The van der Waals surface area contributed by atoms with E-state index in [-0.39, 0.29) is 30.2 Å². The molecule has 4 aromatic rings. The van der Waals surface area contributed by atoms with Crippen molar-refractivity contribution in [2.24, 2.45) is 0 Å². The number of ether oxygens (including phenoxy) is 1. The van der Waals surface area contributed by atoms with E-state index in [1.807, 2.05) is 13.0 Å². The van der Waals surface area contributed by atoms with E-state index in [1.165, 1.54) is 0 Å². The Labute approximate surface area is 201 Å². The summed E-state index contributed by atoms with van der Waals surface area (Å²) in [6.07, 6.45) is 8.45. The van der Waals surface area contributed by atoms with Crippen molar-refractivity contribution in [1.82, 2.24) is 29.5 Å². The molecule has 0 spiro atoms. The van der Waals surface area contributed by atoms with Gasteiger partial charge in [0.05, 0.1) is 40.3 Å². The van der Waals surface area contributed by atoms with Crippen molar-refractivity contribution in [3.63, 3.8) is 0 Å². The number of carbonyl (C=O) groups is 1. The Balaban J connectivity index is 1.24. The van der Waals surface area contributed by atoms with E-state index in [1.54, 1.807) is 53.5 Å². The fraction of sp³-hybridized carbons (Fsp3) is 0.440.